The van der Waals surface area contributed by atoms with Crippen molar-refractivity contribution < 1.29 is 17.9 Å². The molecule has 0 bridgehead atoms. The van der Waals surface area contributed by atoms with Crippen LogP contribution in [-0.2, 0) is 26.2 Å². The van der Waals surface area contributed by atoms with E-state index in [0.29, 0.717) is 19.4 Å². The highest BCUT2D eigenvalue weighted by atomic mass is 32.2. The van der Waals surface area contributed by atoms with E-state index in [1.165, 1.54) is 4.31 Å². The average Bonchev–Trinajstić information content (AvgIpc) is 3.45. The van der Waals surface area contributed by atoms with Crippen molar-refractivity contribution in [3.05, 3.63) is 78.4 Å². The number of hydrogen-bond donors (Lipinski definition) is 0. The van der Waals surface area contributed by atoms with Gasteiger partial charge in [0.05, 0.1) is 11.2 Å². The van der Waals surface area contributed by atoms with E-state index < -0.39 is 22.0 Å². The number of sulfonamides is 1. The molecule has 1 aliphatic rings. The number of aryl methyl sites for hydroxylation is 1. The topological polar surface area (TPSA) is 81.5 Å². The molecule has 1 fully saturated rings. The van der Waals surface area contributed by atoms with E-state index in [0.717, 1.165) is 16.8 Å². The third kappa shape index (κ3) is 4.15. The molecule has 0 radical (unpaired) electrons. The Hall–Kier alpha value is -2.97. The third-order valence-corrected chi connectivity index (χ3v) is 7.15. The summed E-state index contributed by atoms with van der Waals surface area (Å²) < 4.78 is 34.6. The number of ether oxygens (including phenoxy) is 1. The minimum atomic E-state index is -3.74. The zero-order chi connectivity index (χ0) is 21.1. The minimum Gasteiger partial charge on any atom is -0.460 e. The van der Waals surface area contributed by atoms with Crippen LogP contribution in [0, 0.1) is 6.92 Å². The Kier molecular flexibility index (Phi) is 5.69. The predicted octanol–water partition coefficient (Wildman–Crippen LogP) is 3.08. The maximum Gasteiger partial charge on any atom is 0.324 e. The third-order valence-electron chi connectivity index (χ3n) is 5.22. The Bertz CT molecular complexity index is 1110. The van der Waals surface area contributed by atoms with Crippen LogP contribution >= 0.6 is 0 Å². The van der Waals surface area contributed by atoms with Gasteiger partial charge >= 0.3 is 5.97 Å². The minimum absolute atomic E-state index is 0.0952. The largest absolute Gasteiger partial charge is 0.460 e. The zero-order valence-corrected chi connectivity index (χ0v) is 17.5. The molecule has 1 saturated heterocycles. The monoisotopic (exact) mass is 425 g/mol. The lowest BCUT2D eigenvalue weighted by molar-refractivity contribution is -0.148. The summed E-state index contributed by atoms with van der Waals surface area (Å²) in [4.78, 5) is 16.9. The fourth-order valence-electron chi connectivity index (χ4n) is 3.54. The SMILES string of the molecule is Cc1ccc(S(=O)(=O)N2CCC[C@H]2C(=O)OCc2ccc(-n3ccnc3)cc2)cc1. The van der Waals surface area contributed by atoms with Crippen LogP contribution in [0.2, 0.25) is 0 Å². The molecule has 1 aliphatic heterocycles. The molecule has 7 nitrogen and oxygen atoms in total. The summed E-state index contributed by atoms with van der Waals surface area (Å²) in [5, 5.41) is 0. The van der Waals surface area contributed by atoms with Crippen molar-refractivity contribution in [1.29, 1.82) is 0 Å². The highest BCUT2D eigenvalue weighted by Gasteiger charge is 2.40. The average molecular weight is 426 g/mol. The molecule has 1 aromatic heterocycles. The normalized spacial score (nSPS) is 17.2. The fraction of sp³-hybridized carbons (Fsp3) is 0.273. The van der Waals surface area contributed by atoms with Gasteiger partial charge in [0, 0.05) is 24.6 Å². The highest BCUT2D eigenvalue weighted by molar-refractivity contribution is 7.89. The van der Waals surface area contributed by atoms with Gasteiger partial charge in [-0.05, 0) is 49.6 Å². The summed E-state index contributed by atoms with van der Waals surface area (Å²) in [5.41, 5.74) is 2.76. The first-order chi connectivity index (χ1) is 14.4. The summed E-state index contributed by atoms with van der Waals surface area (Å²) in [7, 11) is -3.74. The molecular formula is C22H23N3O4S. The Morgan fingerprint density at radius 1 is 1.13 bits per heavy atom. The second kappa shape index (κ2) is 8.41. The molecule has 0 saturated carbocycles. The van der Waals surface area contributed by atoms with Gasteiger partial charge in [0.15, 0.2) is 0 Å². The van der Waals surface area contributed by atoms with E-state index in [1.54, 1.807) is 36.8 Å². The van der Waals surface area contributed by atoms with Crippen LogP contribution in [-0.4, -0.2) is 40.8 Å². The molecule has 3 aromatic rings. The molecule has 2 aromatic carbocycles. The van der Waals surface area contributed by atoms with Gasteiger partial charge in [-0.1, -0.05) is 29.8 Å². The van der Waals surface area contributed by atoms with Crippen molar-refractivity contribution in [2.45, 2.75) is 37.3 Å². The molecule has 4 rings (SSSR count). The molecule has 8 heteroatoms. The van der Waals surface area contributed by atoms with E-state index in [2.05, 4.69) is 4.98 Å². The molecular weight excluding hydrogens is 402 g/mol. The van der Waals surface area contributed by atoms with Crippen molar-refractivity contribution in [2.75, 3.05) is 6.54 Å². The number of hydrogen-bond acceptors (Lipinski definition) is 5. The van der Waals surface area contributed by atoms with Gasteiger partial charge in [0.2, 0.25) is 10.0 Å². The molecule has 2 heterocycles. The number of carbonyl (C=O) groups is 1. The highest BCUT2D eigenvalue weighted by Crippen LogP contribution is 2.27. The first kappa shape index (κ1) is 20.3. The van der Waals surface area contributed by atoms with E-state index >= 15 is 0 Å². The molecule has 0 unspecified atom stereocenters. The maximum absolute atomic E-state index is 13.0. The molecule has 0 aliphatic carbocycles. The summed E-state index contributed by atoms with van der Waals surface area (Å²) in [5.74, 6) is -0.512. The van der Waals surface area contributed by atoms with Crippen LogP contribution < -0.4 is 0 Å². The van der Waals surface area contributed by atoms with Gasteiger partial charge in [0.1, 0.15) is 12.6 Å². The van der Waals surface area contributed by atoms with Gasteiger partial charge < -0.3 is 9.30 Å². The number of carbonyl (C=O) groups excluding carboxylic acids is 1. The molecule has 156 valence electrons. The molecule has 0 N–H and O–H groups in total. The quantitative estimate of drug-likeness (QED) is 0.567. The van der Waals surface area contributed by atoms with Gasteiger partial charge in [-0.3, -0.25) is 4.79 Å². The van der Waals surface area contributed by atoms with Crippen LogP contribution in [0.4, 0.5) is 0 Å². The van der Waals surface area contributed by atoms with Crippen molar-refractivity contribution in [3.63, 3.8) is 0 Å². The smallest absolute Gasteiger partial charge is 0.324 e. The molecule has 1 atom stereocenters. The number of aromatic nitrogens is 2. The first-order valence-corrected chi connectivity index (χ1v) is 11.2. The summed E-state index contributed by atoms with van der Waals surface area (Å²) in [6.07, 6.45) is 6.35. The molecule has 0 amide bonds. The van der Waals surface area contributed by atoms with Crippen LogP contribution in [0.3, 0.4) is 0 Å². The second-order valence-corrected chi connectivity index (χ2v) is 9.22. The van der Waals surface area contributed by atoms with Gasteiger partial charge in [-0.2, -0.15) is 4.31 Å². The Labute approximate surface area is 176 Å². The maximum atomic E-state index is 13.0. The number of benzene rings is 2. The van der Waals surface area contributed by atoms with Crippen LogP contribution in [0.1, 0.15) is 24.0 Å². The number of imidazole rings is 1. The summed E-state index contributed by atoms with van der Waals surface area (Å²) in [6.45, 7) is 2.31. The summed E-state index contributed by atoms with van der Waals surface area (Å²) >= 11 is 0. The Morgan fingerprint density at radius 3 is 2.53 bits per heavy atom. The van der Waals surface area contributed by atoms with Gasteiger partial charge in [0.25, 0.3) is 0 Å². The fourth-order valence-corrected chi connectivity index (χ4v) is 5.18. The Balaban J connectivity index is 1.42. The molecule has 0 spiro atoms. The zero-order valence-electron chi connectivity index (χ0n) is 16.6. The van der Waals surface area contributed by atoms with Gasteiger partial charge in [-0.25, -0.2) is 13.4 Å². The first-order valence-electron chi connectivity index (χ1n) is 9.77. The van der Waals surface area contributed by atoms with Crippen LogP contribution in [0.15, 0.2) is 72.1 Å². The van der Waals surface area contributed by atoms with Crippen LogP contribution in [0.5, 0.6) is 0 Å². The van der Waals surface area contributed by atoms with Crippen molar-refractivity contribution in [1.82, 2.24) is 13.9 Å². The number of nitrogens with zero attached hydrogens (tertiary/aromatic N) is 3. The van der Waals surface area contributed by atoms with E-state index in [4.69, 9.17) is 4.74 Å². The second-order valence-electron chi connectivity index (χ2n) is 7.33. The van der Waals surface area contributed by atoms with E-state index in [-0.39, 0.29) is 11.5 Å². The lowest BCUT2D eigenvalue weighted by Crippen LogP contribution is -2.41. The van der Waals surface area contributed by atoms with E-state index in [1.807, 2.05) is 42.0 Å². The Morgan fingerprint density at radius 2 is 1.87 bits per heavy atom. The van der Waals surface area contributed by atoms with Crippen molar-refractivity contribution >= 4 is 16.0 Å². The predicted molar refractivity (Wildman–Crippen MR) is 111 cm³/mol. The van der Waals surface area contributed by atoms with Gasteiger partial charge in [-0.15, -0.1) is 0 Å². The lowest BCUT2D eigenvalue weighted by atomic mass is 10.2. The van der Waals surface area contributed by atoms with Crippen molar-refractivity contribution in [3.8, 4) is 5.69 Å². The summed E-state index contributed by atoms with van der Waals surface area (Å²) in [6, 6.07) is 13.4. The molecule has 30 heavy (non-hydrogen) atoms. The standard InChI is InChI=1S/C22H23N3O4S/c1-17-4-10-20(11-5-17)30(27,28)25-13-2-3-21(25)22(26)29-15-18-6-8-19(9-7-18)24-14-12-23-16-24/h4-12,14,16,21H,2-3,13,15H2,1H3/t21-/m0/s1. The van der Waals surface area contributed by atoms with Crippen LogP contribution in [0.25, 0.3) is 5.69 Å². The number of rotatable bonds is 6. The van der Waals surface area contributed by atoms with E-state index in [9.17, 15) is 13.2 Å². The number of esters is 1. The van der Waals surface area contributed by atoms with Crippen molar-refractivity contribution in [2.24, 2.45) is 0 Å². The lowest BCUT2D eigenvalue weighted by Gasteiger charge is -2.23.